The third-order valence-corrected chi connectivity index (χ3v) is 2.98. The molecule has 18 heavy (non-hydrogen) atoms. The molecular weight excluding hydrogens is 311 g/mol. The van der Waals surface area contributed by atoms with E-state index in [4.69, 9.17) is 0 Å². The van der Waals surface area contributed by atoms with E-state index in [1.165, 1.54) is 12.4 Å². The van der Waals surface area contributed by atoms with Crippen molar-refractivity contribution in [1.82, 2.24) is 14.8 Å². The van der Waals surface area contributed by atoms with Gasteiger partial charge in [0.05, 0.1) is 6.20 Å². The van der Waals surface area contributed by atoms with E-state index < -0.39 is 11.9 Å². The molecule has 0 aliphatic rings. The van der Waals surface area contributed by atoms with Crippen molar-refractivity contribution in [3.8, 4) is 5.82 Å². The predicted octanol–water partition coefficient (Wildman–Crippen LogP) is 3.49. The Morgan fingerprint density at radius 3 is 2.67 bits per heavy atom. The van der Waals surface area contributed by atoms with Gasteiger partial charge in [-0.2, -0.15) is 18.3 Å². The molecule has 0 saturated carbocycles. The second-order valence-corrected chi connectivity index (χ2v) is 4.31. The van der Waals surface area contributed by atoms with Crippen LogP contribution in [0.3, 0.4) is 0 Å². The van der Waals surface area contributed by atoms with Crippen molar-refractivity contribution in [2.45, 2.75) is 18.4 Å². The number of pyridine rings is 1. The van der Waals surface area contributed by atoms with Crippen molar-refractivity contribution in [3.05, 3.63) is 41.3 Å². The standard InChI is InChI=1S/C11H9BrF3N3/c1-7-2-3-16-9(4-7)18-10(11(13,14)15)8(5-12)6-17-18/h2-4,6H,5H2,1H3. The van der Waals surface area contributed by atoms with E-state index in [2.05, 4.69) is 26.0 Å². The number of nitrogens with zero attached hydrogens (tertiary/aromatic N) is 3. The van der Waals surface area contributed by atoms with Crippen LogP contribution in [-0.2, 0) is 11.5 Å². The lowest BCUT2D eigenvalue weighted by atomic mass is 10.2. The second kappa shape index (κ2) is 4.72. The molecule has 0 radical (unpaired) electrons. The summed E-state index contributed by atoms with van der Waals surface area (Å²) in [5, 5.41) is 3.86. The summed E-state index contributed by atoms with van der Waals surface area (Å²) in [6.45, 7) is 1.79. The first-order valence-corrected chi connectivity index (χ1v) is 6.18. The van der Waals surface area contributed by atoms with Crippen LogP contribution in [0.4, 0.5) is 13.2 Å². The topological polar surface area (TPSA) is 30.7 Å². The van der Waals surface area contributed by atoms with Gasteiger partial charge in [-0.05, 0) is 24.6 Å². The molecule has 96 valence electrons. The molecular formula is C11H9BrF3N3. The summed E-state index contributed by atoms with van der Waals surface area (Å²) in [6.07, 6.45) is -1.81. The average Bonchev–Trinajstić information content (AvgIpc) is 2.72. The zero-order valence-corrected chi connectivity index (χ0v) is 11.0. The van der Waals surface area contributed by atoms with Crippen LogP contribution in [0.2, 0.25) is 0 Å². The molecule has 0 amide bonds. The first-order valence-electron chi connectivity index (χ1n) is 5.06. The van der Waals surface area contributed by atoms with E-state index in [1.807, 2.05) is 0 Å². The van der Waals surface area contributed by atoms with Crippen molar-refractivity contribution >= 4 is 15.9 Å². The fraction of sp³-hybridized carbons (Fsp3) is 0.273. The first kappa shape index (κ1) is 13.1. The maximum absolute atomic E-state index is 13.0. The van der Waals surface area contributed by atoms with Crippen LogP contribution in [-0.4, -0.2) is 14.8 Å². The average molecular weight is 320 g/mol. The van der Waals surface area contributed by atoms with Crippen LogP contribution < -0.4 is 0 Å². The maximum Gasteiger partial charge on any atom is 0.433 e. The Hall–Kier alpha value is -1.37. The minimum absolute atomic E-state index is 0.0887. The lowest BCUT2D eigenvalue weighted by molar-refractivity contribution is -0.143. The summed E-state index contributed by atoms with van der Waals surface area (Å²) in [6, 6.07) is 3.27. The lowest BCUT2D eigenvalue weighted by Gasteiger charge is -2.11. The van der Waals surface area contributed by atoms with E-state index in [9.17, 15) is 13.2 Å². The van der Waals surface area contributed by atoms with Gasteiger partial charge in [0.25, 0.3) is 0 Å². The predicted molar refractivity (Wildman–Crippen MR) is 63.7 cm³/mol. The van der Waals surface area contributed by atoms with Crippen molar-refractivity contribution < 1.29 is 13.2 Å². The van der Waals surface area contributed by atoms with E-state index in [-0.39, 0.29) is 16.7 Å². The number of hydrogen-bond acceptors (Lipinski definition) is 2. The van der Waals surface area contributed by atoms with Gasteiger partial charge in [0, 0.05) is 17.1 Å². The van der Waals surface area contributed by atoms with Crippen molar-refractivity contribution in [1.29, 1.82) is 0 Å². The van der Waals surface area contributed by atoms with Gasteiger partial charge in [-0.15, -0.1) is 0 Å². The molecule has 0 atom stereocenters. The number of rotatable bonds is 2. The minimum Gasteiger partial charge on any atom is -0.237 e. The van der Waals surface area contributed by atoms with Crippen LogP contribution in [0.25, 0.3) is 5.82 Å². The van der Waals surface area contributed by atoms with Gasteiger partial charge < -0.3 is 0 Å². The molecule has 2 aromatic rings. The Morgan fingerprint density at radius 1 is 1.39 bits per heavy atom. The Bertz CT molecular complexity index is 563. The van der Waals surface area contributed by atoms with Gasteiger partial charge >= 0.3 is 6.18 Å². The monoisotopic (exact) mass is 319 g/mol. The zero-order valence-electron chi connectivity index (χ0n) is 9.37. The Morgan fingerprint density at radius 2 is 2.11 bits per heavy atom. The van der Waals surface area contributed by atoms with E-state index >= 15 is 0 Å². The highest BCUT2D eigenvalue weighted by Crippen LogP contribution is 2.34. The van der Waals surface area contributed by atoms with Gasteiger partial charge in [-0.3, -0.25) is 0 Å². The minimum atomic E-state index is -4.47. The molecule has 2 aromatic heterocycles. The largest absolute Gasteiger partial charge is 0.433 e. The number of hydrogen-bond donors (Lipinski definition) is 0. The number of alkyl halides is 4. The molecule has 3 nitrogen and oxygen atoms in total. The molecule has 0 aliphatic carbocycles. The molecule has 0 fully saturated rings. The highest BCUT2D eigenvalue weighted by atomic mass is 79.9. The van der Waals surface area contributed by atoms with E-state index in [0.29, 0.717) is 0 Å². The van der Waals surface area contributed by atoms with Crippen molar-refractivity contribution in [2.75, 3.05) is 0 Å². The third kappa shape index (κ3) is 2.40. The highest BCUT2D eigenvalue weighted by molar-refractivity contribution is 9.08. The molecule has 0 spiro atoms. The molecule has 0 bridgehead atoms. The Balaban J connectivity index is 2.62. The zero-order chi connectivity index (χ0) is 13.3. The normalized spacial score (nSPS) is 11.8. The van der Waals surface area contributed by atoms with Crippen LogP contribution in [0.1, 0.15) is 16.8 Å². The summed E-state index contributed by atoms with van der Waals surface area (Å²) in [5.74, 6) is 0.162. The summed E-state index contributed by atoms with van der Waals surface area (Å²) in [7, 11) is 0. The molecule has 2 rings (SSSR count). The molecule has 2 heterocycles. The third-order valence-electron chi connectivity index (χ3n) is 2.38. The van der Waals surface area contributed by atoms with E-state index in [0.717, 1.165) is 10.2 Å². The SMILES string of the molecule is Cc1ccnc(-n2ncc(CBr)c2C(F)(F)F)c1. The highest BCUT2D eigenvalue weighted by Gasteiger charge is 2.38. The molecule has 0 N–H and O–H groups in total. The quantitative estimate of drug-likeness (QED) is 0.793. The van der Waals surface area contributed by atoms with Crippen molar-refractivity contribution in [2.24, 2.45) is 0 Å². The fourth-order valence-corrected chi connectivity index (χ4v) is 2.00. The van der Waals surface area contributed by atoms with Gasteiger partial charge in [0.2, 0.25) is 0 Å². The van der Waals surface area contributed by atoms with Crippen LogP contribution in [0, 0.1) is 6.92 Å². The maximum atomic E-state index is 13.0. The van der Waals surface area contributed by atoms with Gasteiger partial charge in [0.1, 0.15) is 0 Å². The molecule has 0 aromatic carbocycles. The smallest absolute Gasteiger partial charge is 0.237 e. The molecule has 0 saturated heterocycles. The molecule has 0 aliphatic heterocycles. The fourth-order valence-electron chi connectivity index (χ4n) is 1.59. The number of aromatic nitrogens is 3. The van der Waals surface area contributed by atoms with Crippen LogP contribution in [0.5, 0.6) is 0 Å². The van der Waals surface area contributed by atoms with Gasteiger partial charge in [-0.1, -0.05) is 15.9 Å². The summed E-state index contributed by atoms with van der Waals surface area (Å²) in [4.78, 5) is 3.92. The summed E-state index contributed by atoms with van der Waals surface area (Å²) in [5.41, 5.74) is 0.118. The van der Waals surface area contributed by atoms with Crippen LogP contribution in [0.15, 0.2) is 24.5 Å². The summed E-state index contributed by atoms with van der Waals surface area (Å²) >= 11 is 3.03. The Labute approximate surface area is 110 Å². The van der Waals surface area contributed by atoms with Gasteiger partial charge in [-0.25, -0.2) is 9.67 Å². The van der Waals surface area contributed by atoms with Gasteiger partial charge in [0.15, 0.2) is 11.5 Å². The lowest BCUT2D eigenvalue weighted by Crippen LogP contribution is -2.16. The number of halogens is 4. The second-order valence-electron chi connectivity index (χ2n) is 3.75. The van der Waals surface area contributed by atoms with Crippen LogP contribution >= 0.6 is 15.9 Å². The van der Waals surface area contributed by atoms with Crippen molar-refractivity contribution in [3.63, 3.8) is 0 Å². The Kier molecular flexibility index (Phi) is 3.43. The number of aryl methyl sites for hydroxylation is 1. The summed E-state index contributed by atoms with van der Waals surface area (Å²) < 4.78 is 39.8. The first-order chi connectivity index (χ1) is 8.43. The molecule has 0 unspecified atom stereocenters. The van der Waals surface area contributed by atoms with E-state index in [1.54, 1.807) is 19.1 Å². The molecule has 7 heteroatoms.